The fourth-order valence-electron chi connectivity index (χ4n) is 6.67. The van der Waals surface area contributed by atoms with Crippen LogP contribution in [0.3, 0.4) is 0 Å². The van der Waals surface area contributed by atoms with Gasteiger partial charge >= 0.3 is 0 Å². The van der Waals surface area contributed by atoms with Gasteiger partial charge in [-0.3, -0.25) is 14.2 Å². The van der Waals surface area contributed by atoms with Crippen LogP contribution in [-0.4, -0.2) is 22.2 Å². The molecule has 7 rings (SSSR count). The van der Waals surface area contributed by atoms with Crippen molar-refractivity contribution in [2.75, 3.05) is 12.4 Å². The fourth-order valence-corrected chi connectivity index (χ4v) is 9.16. The second-order valence-electron chi connectivity index (χ2n) is 11.8. The Morgan fingerprint density at radius 3 is 2.62 bits per heavy atom. The fraction of sp³-hybridized carbons (Fsp3) is 0.243. The quantitative estimate of drug-likeness (QED) is 0.238. The molecule has 0 unspecified atom stereocenters. The third-order valence-electron chi connectivity index (χ3n) is 8.93. The minimum absolute atomic E-state index is 0.229. The first-order valence-corrected chi connectivity index (χ1v) is 17.2. The number of thiophene rings is 1. The Bertz CT molecular complexity index is 2310. The van der Waals surface area contributed by atoms with Crippen LogP contribution < -0.4 is 24.9 Å². The van der Waals surface area contributed by atoms with Crippen molar-refractivity contribution in [2.24, 2.45) is 4.99 Å². The molecule has 4 heterocycles. The molecule has 1 aliphatic heterocycles. The van der Waals surface area contributed by atoms with Crippen LogP contribution in [0.25, 0.3) is 11.1 Å². The summed E-state index contributed by atoms with van der Waals surface area (Å²) < 4.78 is 9.81. The third-order valence-corrected chi connectivity index (χ3v) is 11.2. The van der Waals surface area contributed by atoms with Gasteiger partial charge in [0.1, 0.15) is 16.8 Å². The molecule has 0 bridgehead atoms. The number of hydrogen-bond donors (Lipinski definition) is 1. The summed E-state index contributed by atoms with van der Waals surface area (Å²) in [4.78, 5) is 34.8. The van der Waals surface area contributed by atoms with Crippen molar-refractivity contribution in [1.82, 2.24) is 9.13 Å². The summed E-state index contributed by atoms with van der Waals surface area (Å²) in [6.07, 6.45) is 6.13. The highest BCUT2D eigenvalue weighted by molar-refractivity contribution is 7.15. The molecule has 10 heteroatoms. The van der Waals surface area contributed by atoms with Gasteiger partial charge in [0.25, 0.3) is 11.5 Å². The van der Waals surface area contributed by atoms with Crippen LogP contribution in [0.15, 0.2) is 81.7 Å². The van der Waals surface area contributed by atoms with Gasteiger partial charge in [-0.2, -0.15) is 5.26 Å². The minimum atomic E-state index is -0.713. The van der Waals surface area contributed by atoms with E-state index in [4.69, 9.17) is 9.73 Å². The molecule has 0 radical (unpaired) electrons. The van der Waals surface area contributed by atoms with E-state index in [0.717, 1.165) is 58.8 Å². The molecule has 1 N–H and O–H groups in total. The number of aromatic nitrogens is 2. The lowest BCUT2D eigenvalue weighted by Crippen LogP contribution is -2.40. The van der Waals surface area contributed by atoms with E-state index >= 15 is 0 Å². The first-order chi connectivity index (χ1) is 22.8. The van der Waals surface area contributed by atoms with Crippen molar-refractivity contribution in [1.29, 1.82) is 5.26 Å². The minimum Gasteiger partial charge on any atom is -0.497 e. The third kappa shape index (κ3) is 5.35. The summed E-state index contributed by atoms with van der Waals surface area (Å²) in [6.45, 7) is 5.88. The number of nitrogens with one attached hydrogen (secondary N) is 1. The number of thiazole rings is 1. The number of nitriles is 1. The van der Waals surface area contributed by atoms with E-state index in [9.17, 15) is 14.9 Å². The Morgan fingerprint density at radius 1 is 1.06 bits per heavy atom. The lowest BCUT2D eigenvalue weighted by Gasteiger charge is -2.25. The summed E-state index contributed by atoms with van der Waals surface area (Å²) in [5.41, 5.74) is 6.94. The van der Waals surface area contributed by atoms with Crippen LogP contribution in [0.2, 0.25) is 0 Å². The van der Waals surface area contributed by atoms with Crippen LogP contribution in [0.1, 0.15) is 64.3 Å². The predicted molar refractivity (Wildman–Crippen MR) is 186 cm³/mol. The van der Waals surface area contributed by atoms with E-state index in [1.165, 1.54) is 21.8 Å². The van der Waals surface area contributed by atoms with E-state index in [1.54, 1.807) is 23.0 Å². The molecule has 0 saturated carbocycles. The highest BCUT2D eigenvalue weighted by Crippen LogP contribution is 2.38. The van der Waals surface area contributed by atoms with Crippen molar-refractivity contribution in [3.63, 3.8) is 0 Å². The van der Waals surface area contributed by atoms with E-state index in [1.807, 2.05) is 81.4 Å². The molecule has 5 aromatic rings. The summed E-state index contributed by atoms with van der Waals surface area (Å²) in [7, 11) is 1.59. The van der Waals surface area contributed by atoms with Crippen molar-refractivity contribution in [3.05, 3.63) is 130 Å². The van der Waals surface area contributed by atoms with Gasteiger partial charge in [0.15, 0.2) is 4.80 Å². The number of ether oxygens (including phenoxy) is 1. The maximum Gasteiger partial charge on any atom is 0.271 e. The highest BCUT2D eigenvalue weighted by Gasteiger charge is 2.33. The number of para-hydroxylation sites is 1. The number of fused-ring (bicyclic) bond motifs is 2. The lowest BCUT2D eigenvalue weighted by atomic mass is 9.95. The van der Waals surface area contributed by atoms with Gasteiger partial charge in [-0.25, -0.2) is 4.99 Å². The van der Waals surface area contributed by atoms with Crippen LogP contribution in [-0.2, 0) is 17.6 Å². The molecule has 0 spiro atoms. The summed E-state index contributed by atoms with van der Waals surface area (Å²) in [6, 6.07) is 20.6. The molecule has 0 saturated heterocycles. The van der Waals surface area contributed by atoms with Gasteiger partial charge in [0, 0.05) is 22.0 Å². The van der Waals surface area contributed by atoms with Crippen LogP contribution in [0.4, 0.5) is 5.69 Å². The van der Waals surface area contributed by atoms with Crippen LogP contribution >= 0.6 is 22.7 Å². The van der Waals surface area contributed by atoms with Crippen molar-refractivity contribution in [2.45, 2.75) is 52.5 Å². The van der Waals surface area contributed by atoms with E-state index in [0.29, 0.717) is 32.0 Å². The van der Waals surface area contributed by atoms with Crippen LogP contribution in [0.5, 0.6) is 5.75 Å². The Hall–Kier alpha value is -4.98. The van der Waals surface area contributed by atoms with Gasteiger partial charge in [-0.15, -0.1) is 11.3 Å². The topological polar surface area (TPSA) is 101 Å². The SMILES string of the molecule is COc1cccc([C@H]2C(C(=O)Nc3ccccc3)=C(C)N=c3s/c(=C/c4cc(C)n(-c5sc6c(c5C#N)CCCC6)c4C)c(=O)n32)c1. The summed E-state index contributed by atoms with van der Waals surface area (Å²) in [5.74, 6) is 0.302. The molecule has 8 nitrogen and oxygen atoms in total. The van der Waals surface area contributed by atoms with E-state index in [-0.39, 0.29) is 11.5 Å². The first-order valence-electron chi connectivity index (χ1n) is 15.6. The zero-order chi connectivity index (χ0) is 32.8. The van der Waals surface area contributed by atoms with Gasteiger partial charge in [-0.05, 0) is 99.6 Å². The number of aryl methyl sites for hydroxylation is 2. The molecule has 2 aromatic carbocycles. The number of rotatable bonds is 6. The molecule has 1 amide bonds. The monoisotopic (exact) mass is 659 g/mol. The molecule has 2 aliphatic rings. The zero-order valence-corrected chi connectivity index (χ0v) is 28.2. The Labute approximate surface area is 280 Å². The molecule has 3 aromatic heterocycles. The Morgan fingerprint density at radius 2 is 1.85 bits per heavy atom. The van der Waals surface area contributed by atoms with Gasteiger partial charge in [0.2, 0.25) is 0 Å². The number of hydrogen-bond acceptors (Lipinski definition) is 7. The predicted octanol–water partition coefficient (Wildman–Crippen LogP) is 6.10. The molecule has 1 atom stereocenters. The largest absolute Gasteiger partial charge is 0.497 e. The molecular weight excluding hydrogens is 627 g/mol. The second-order valence-corrected chi connectivity index (χ2v) is 13.9. The lowest BCUT2D eigenvalue weighted by molar-refractivity contribution is -0.113. The molecule has 236 valence electrons. The number of amides is 1. The van der Waals surface area contributed by atoms with Gasteiger partial charge < -0.3 is 14.6 Å². The van der Waals surface area contributed by atoms with Crippen LogP contribution in [0, 0.1) is 25.2 Å². The molecule has 1 aliphatic carbocycles. The summed E-state index contributed by atoms with van der Waals surface area (Å²) >= 11 is 3.02. The van der Waals surface area contributed by atoms with Crippen molar-refractivity contribution >= 4 is 40.3 Å². The molecular formula is C37H33N5O3S2. The average molecular weight is 660 g/mol. The van der Waals surface area contributed by atoms with Gasteiger partial charge in [0.05, 0.1) is 34.5 Å². The Balaban J connectivity index is 1.36. The average Bonchev–Trinajstić information content (AvgIpc) is 3.69. The van der Waals surface area contributed by atoms with Gasteiger partial charge in [-0.1, -0.05) is 41.7 Å². The molecule has 47 heavy (non-hydrogen) atoms. The normalized spacial score (nSPS) is 15.9. The van der Waals surface area contributed by atoms with E-state index in [2.05, 4.69) is 22.0 Å². The maximum absolute atomic E-state index is 14.3. The Kier molecular flexibility index (Phi) is 8.04. The zero-order valence-electron chi connectivity index (χ0n) is 26.6. The number of carbonyl (C=O) groups excluding carboxylic acids is 1. The highest BCUT2D eigenvalue weighted by atomic mass is 32.1. The van der Waals surface area contributed by atoms with E-state index < -0.39 is 6.04 Å². The number of allylic oxidation sites excluding steroid dienone is 1. The number of nitrogens with zero attached hydrogens (tertiary/aromatic N) is 4. The molecule has 0 fully saturated rings. The first kappa shape index (κ1) is 30.7. The number of methoxy groups -OCH3 is 1. The van der Waals surface area contributed by atoms with Crippen molar-refractivity contribution in [3.8, 4) is 16.8 Å². The maximum atomic E-state index is 14.3. The summed E-state index contributed by atoms with van der Waals surface area (Å²) in [5, 5.41) is 14.1. The number of anilines is 1. The second kappa shape index (κ2) is 12.3. The number of carbonyl (C=O) groups is 1. The number of benzene rings is 2. The van der Waals surface area contributed by atoms with Crippen molar-refractivity contribution < 1.29 is 9.53 Å². The standard InChI is InChI=1S/C37H33N5O3S2/c1-21-17-25(23(3)41(21)36-29(20-38)28-15-8-9-16-30(28)46-36)19-31-35(44)42-33(24-11-10-14-27(18-24)45-4)32(22(2)39-37(42)47-31)34(43)40-26-12-6-5-7-13-26/h5-7,10-14,17-19,33H,8-9,15-16H2,1-4H3,(H,40,43)/b31-19+/t33-/m0/s1. The smallest absolute Gasteiger partial charge is 0.271 e.